The Kier molecular flexibility index (Phi) is 6.93. The highest BCUT2D eigenvalue weighted by Gasteiger charge is 2.21. The average molecular weight is 751 g/mol. The van der Waals surface area contributed by atoms with Gasteiger partial charge in [0.25, 0.3) is 0 Å². The van der Waals surface area contributed by atoms with E-state index in [1.165, 1.54) is 40.3 Å². The summed E-state index contributed by atoms with van der Waals surface area (Å²) in [4.78, 5) is 4.67. The first-order valence-electron chi connectivity index (χ1n) is 18.7. The second-order valence-electron chi connectivity index (χ2n) is 14.3. The Hall–Kier alpha value is -6.86. The fourth-order valence-corrected chi connectivity index (χ4v) is 10.8. The highest BCUT2D eigenvalue weighted by atomic mass is 32.1. The number of para-hydroxylation sites is 2. The van der Waals surface area contributed by atoms with Crippen LogP contribution in [0.5, 0.6) is 0 Å². The van der Waals surface area contributed by atoms with Gasteiger partial charge in [-0.3, -0.25) is 0 Å². The van der Waals surface area contributed by atoms with Crippen LogP contribution < -0.4 is 9.80 Å². The van der Waals surface area contributed by atoms with E-state index in [1.54, 1.807) is 0 Å². The highest BCUT2D eigenvalue weighted by Crippen LogP contribution is 2.46. The van der Waals surface area contributed by atoms with Crippen LogP contribution >= 0.6 is 22.7 Å². The van der Waals surface area contributed by atoms with Crippen molar-refractivity contribution in [3.8, 4) is 0 Å². The zero-order valence-electron chi connectivity index (χ0n) is 29.9. The van der Waals surface area contributed by atoms with E-state index in [2.05, 4.69) is 192 Å². The molecule has 12 aromatic rings. The number of hydrogen-bond donors (Lipinski definition) is 0. The van der Waals surface area contributed by atoms with Gasteiger partial charge in [-0.25, -0.2) is 0 Å². The van der Waals surface area contributed by atoms with E-state index in [0.717, 1.165) is 66.7 Å². The lowest BCUT2D eigenvalue weighted by atomic mass is 9.97. The minimum absolute atomic E-state index is 0.877. The van der Waals surface area contributed by atoms with Crippen LogP contribution in [0, 0.1) is 0 Å². The quantitative estimate of drug-likeness (QED) is 0.158. The third kappa shape index (κ3) is 4.90. The molecule has 0 saturated carbocycles. The molecule has 0 fully saturated rings. The zero-order chi connectivity index (χ0) is 36.7. The van der Waals surface area contributed by atoms with Crippen LogP contribution in [0.2, 0.25) is 0 Å². The summed E-state index contributed by atoms with van der Waals surface area (Å²) in [6.07, 6.45) is 0. The molecule has 0 unspecified atom stereocenters. The summed E-state index contributed by atoms with van der Waals surface area (Å²) in [5, 5.41) is 19.6. The third-order valence-electron chi connectivity index (χ3n) is 11.0. The molecule has 3 heterocycles. The third-order valence-corrected chi connectivity index (χ3v) is 13.3. The Morgan fingerprint density at radius 2 is 0.714 bits per heavy atom. The van der Waals surface area contributed by atoms with E-state index in [-0.39, 0.29) is 0 Å². The van der Waals surface area contributed by atoms with Gasteiger partial charge in [0.05, 0.1) is 11.0 Å². The van der Waals surface area contributed by atoms with E-state index >= 15 is 0 Å². The molecular weight excluding hydrogens is 721 g/mol. The molecule has 0 atom stereocenters. The number of fused-ring (bicyclic) bond motifs is 6. The molecule has 6 heteroatoms. The average Bonchev–Trinajstić information content (AvgIpc) is 3.81. The van der Waals surface area contributed by atoms with Crippen molar-refractivity contribution in [2.24, 2.45) is 0 Å². The minimum Gasteiger partial charge on any atom is -0.310 e. The predicted molar refractivity (Wildman–Crippen MR) is 241 cm³/mol. The van der Waals surface area contributed by atoms with Crippen LogP contribution in [0.25, 0.3) is 72.9 Å². The molecule has 0 radical (unpaired) electrons. The highest BCUT2D eigenvalue weighted by molar-refractivity contribution is 7.26. The van der Waals surface area contributed by atoms with Crippen LogP contribution in [0.4, 0.5) is 34.1 Å². The first-order valence-corrected chi connectivity index (χ1v) is 20.4. The maximum atomic E-state index is 4.94. The molecule has 0 amide bonds. The van der Waals surface area contributed by atoms with Gasteiger partial charge >= 0.3 is 0 Å². The topological polar surface area (TPSA) is 32.3 Å². The molecule has 12 rings (SSSR count). The van der Waals surface area contributed by atoms with Crippen molar-refractivity contribution in [3.05, 3.63) is 182 Å². The molecular formula is C50H30N4S2. The van der Waals surface area contributed by atoms with Crippen LogP contribution in [-0.4, -0.2) is 10.2 Å². The van der Waals surface area contributed by atoms with Crippen molar-refractivity contribution in [3.63, 3.8) is 0 Å². The monoisotopic (exact) mass is 750 g/mol. The maximum Gasteiger partial charge on any atom is 0.0963 e. The Morgan fingerprint density at radius 3 is 1.18 bits per heavy atom. The lowest BCUT2D eigenvalue weighted by molar-refractivity contribution is 1.12. The molecule has 56 heavy (non-hydrogen) atoms. The lowest BCUT2D eigenvalue weighted by Crippen LogP contribution is -2.11. The lowest BCUT2D eigenvalue weighted by Gasteiger charge is -2.27. The second-order valence-corrected chi connectivity index (χ2v) is 16.5. The van der Waals surface area contributed by atoms with E-state index in [4.69, 9.17) is 10.2 Å². The van der Waals surface area contributed by atoms with Gasteiger partial charge in [-0.1, -0.05) is 97.1 Å². The minimum atomic E-state index is 0.877. The Labute approximate surface area is 330 Å². The van der Waals surface area contributed by atoms with Crippen molar-refractivity contribution >= 4 is 130 Å². The summed E-state index contributed by atoms with van der Waals surface area (Å²) in [5.74, 6) is 0. The Balaban J connectivity index is 1.01. The smallest absolute Gasteiger partial charge is 0.0963 e. The standard InChI is InChI=1S/C50H30N4S2/c1-3-11-33(12-4-1)53(35-21-23-41-39-15-7-9-17-45(39)55-47(41)29-35)37-25-31-19-20-32-26-38(28-44-50(32)49(31)43(27-37)51-52-44)54(34-13-5-2-6-14-34)36-22-24-42-40-16-8-10-18-46(40)56-48(42)30-36/h1-30H. The molecule has 0 N–H and O–H groups in total. The fraction of sp³-hybridized carbons (Fsp3) is 0. The summed E-state index contributed by atoms with van der Waals surface area (Å²) in [6, 6.07) is 65.7. The maximum absolute atomic E-state index is 4.94. The molecule has 3 aromatic heterocycles. The summed E-state index contributed by atoms with van der Waals surface area (Å²) in [7, 11) is 0. The first kappa shape index (κ1) is 31.5. The number of rotatable bonds is 6. The molecule has 0 bridgehead atoms. The Morgan fingerprint density at radius 1 is 0.304 bits per heavy atom. The molecule has 4 nitrogen and oxygen atoms in total. The molecule has 9 aromatic carbocycles. The molecule has 262 valence electrons. The van der Waals surface area contributed by atoms with Crippen molar-refractivity contribution < 1.29 is 0 Å². The molecule has 0 aliphatic rings. The zero-order valence-corrected chi connectivity index (χ0v) is 31.6. The van der Waals surface area contributed by atoms with Crippen LogP contribution in [0.15, 0.2) is 182 Å². The summed E-state index contributed by atoms with van der Waals surface area (Å²) >= 11 is 3.68. The molecule has 0 spiro atoms. The number of hydrogen-bond acceptors (Lipinski definition) is 6. The number of anilines is 6. The Bertz CT molecular complexity index is 3150. The normalized spacial score (nSPS) is 11.9. The fourth-order valence-electron chi connectivity index (χ4n) is 8.53. The molecule has 0 aliphatic heterocycles. The summed E-state index contributed by atoms with van der Waals surface area (Å²) in [5.41, 5.74) is 8.24. The predicted octanol–water partition coefficient (Wildman–Crippen LogP) is 15.0. The molecule has 0 saturated heterocycles. The van der Waals surface area contributed by atoms with Gasteiger partial charge in [-0.15, -0.1) is 32.9 Å². The number of nitrogens with zero attached hydrogens (tertiary/aromatic N) is 4. The summed E-state index contributed by atoms with van der Waals surface area (Å²) in [6.45, 7) is 0. The van der Waals surface area contributed by atoms with E-state index in [9.17, 15) is 0 Å². The van der Waals surface area contributed by atoms with Gasteiger partial charge < -0.3 is 9.80 Å². The van der Waals surface area contributed by atoms with Crippen LogP contribution in [0.1, 0.15) is 0 Å². The van der Waals surface area contributed by atoms with Crippen LogP contribution in [-0.2, 0) is 0 Å². The van der Waals surface area contributed by atoms with Crippen molar-refractivity contribution in [2.75, 3.05) is 9.80 Å². The van der Waals surface area contributed by atoms with Gasteiger partial charge in [0.15, 0.2) is 0 Å². The van der Waals surface area contributed by atoms with E-state index in [1.807, 2.05) is 22.7 Å². The van der Waals surface area contributed by atoms with Gasteiger partial charge in [0, 0.05) is 85.2 Å². The SMILES string of the molecule is c1ccc(N(c2cc3ccc4cc(N(c5ccccc5)c5ccc6c(c5)sc5ccccc56)cc5nnc(c2)c3c45)c2ccc3c(c2)sc2ccccc23)cc1. The van der Waals surface area contributed by atoms with Crippen LogP contribution in [0.3, 0.4) is 0 Å². The van der Waals surface area contributed by atoms with Gasteiger partial charge in [-0.05, 0) is 95.7 Å². The molecule has 0 aliphatic carbocycles. The number of benzene rings is 9. The van der Waals surface area contributed by atoms with Crippen molar-refractivity contribution in [2.45, 2.75) is 0 Å². The van der Waals surface area contributed by atoms with Crippen molar-refractivity contribution in [1.29, 1.82) is 0 Å². The van der Waals surface area contributed by atoms with E-state index in [0.29, 0.717) is 0 Å². The van der Waals surface area contributed by atoms with E-state index < -0.39 is 0 Å². The van der Waals surface area contributed by atoms with Gasteiger partial charge in [0.2, 0.25) is 0 Å². The number of aromatic nitrogens is 2. The van der Waals surface area contributed by atoms with Gasteiger partial charge in [-0.2, -0.15) is 0 Å². The second kappa shape index (κ2) is 12.3. The van der Waals surface area contributed by atoms with Gasteiger partial charge in [0.1, 0.15) is 0 Å². The first-order chi connectivity index (χ1) is 27.7. The number of thiophene rings is 2. The largest absolute Gasteiger partial charge is 0.310 e. The summed E-state index contributed by atoms with van der Waals surface area (Å²) < 4.78 is 5.14. The van der Waals surface area contributed by atoms with Crippen molar-refractivity contribution in [1.82, 2.24) is 10.2 Å².